The van der Waals surface area contributed by atoms with E-state index < -0.39 is 9.84 Å². The van der Waals surface area contributed by atoms with Crippen LogP contribution in [-0.4, -0.2) is 38.8 Å². The zero-order valence-corrected chi connectivity index (χ0v) is 15.0. The highest BCUT2D eigenvalue weighted by Crippen LogP contribution is 2.25. The summed E-state index contributed by atoms with van der Waals surface area (Å²) in [6, 6.07) is 6.60. The average molecular weight is 368 g/mol. The number of fused-ring (bicyclic) bond motifs is 1. The van der Waals surface area contributed by atoms with Crippen molar-refractivity contribution in [2.24, 2.45) is 7.05 Å². The second-order valence-corrected chi connectivity index (χ2v) is 7.96. The summed E-state index contributed by atoms with van der Waals surface area (Å²) in [5.74, 6) is 0.535. The van der Waals surface area contributed by atoms with Gasteiger partial charge in [-0.25, -0.2) is 18.4 Å². The molecule has 0 fully saturated rings. The smallest absolute Gasteiger partial charge is 0.180 e. The van der Waals surface area contributed by atoms with Crippen molar-refractivity contribution >= 4 is 27.0 Å². The molecule has 4 rings (SSSR count). The molecule has 3 aromatic heterocycles. The summed E-state index contributed by atoms with van der Waals surface area (Å²) in [5, 5.41) is 7.34. The first kappa shape index (κ1) is 16.3. The average Bonchev–Trinajstić information content (AvgIpc) is 3.21. The minimum absolute atomic E-state index is 0.244. The molecule has 1 N–H and O–H groups in total. The molecule has 0 aliphatic heterocycles. The molecule has 0 aliphatic carbocycles. The van der Waals surface area contributed by atoms with Gasteiger partial charge in [-0.3, -0.25) is 9.08 Å². The van der Waals surface area contributed by atoms with Gasteiger partial charge in [-0.05, 0) is 18.2 Å². The van der Waals surface area contributed by atoms with Gasteiger partial charge in [0.25, 0.3) is 0 Å². The number of rotatable bonds is 4. The van der Waals surface area contributed by atoms with Crippen molar-refractivity contribution in [3.05, 3.63) is 55.2 Å². The van der Waals surface area contributed by atoms with Gasteiger partial charge in [0.1, 0.15) is 0 Å². The Balaban J connectivity index is 1.76. The van der Waals surface area contributed by atoms with Crippen molar-refractivity contribution in [2.45, 2.75) is 4.90 Å². The van der Waals surface area contributed by atoms with Crippen LogP contribution in [0, 0.1) is 0 Å². The molecule has 9 heteroatoms. The van der Waals surface area contributed by atoms with Crippen LogP contribution in [0.15, 0.2) is 60.1 Å². The standard InChI is InChI=1S/C17H16N6O2S/c1-22-11-12(9-20-22)15-10-19-17-16(18-6-7-23(15)17)21-13-4-3-5-14(8-13)26(2,24)25/h3-11H,1-2H3,(H,18,21). The van der Waals surface area contributed by atoms with E-state index in [1.165, 1.54) is 6.26 Å². The Morgan fingerprint density at radius 2 is 2.00 bits per heavy atom. The predicted molar refractivity (Wildman–Crippen MR) is 98.0 cm³/mol. The van der Waals surface area contributed by atoms with Gasteiger partial charge in [-0.1, -0.05) is 6.07 Å². The summed E-state index contributed by atoms with van der Waals surface area (Å²) >= 11 is 0. The maximum atomic E-state index is 11.7. The predicted octanol–water partition coefficient (Wildman–Crippen LogP) is 2.28. The first-order chi connectivity index (χ1) is 12.4. The number of aromatic nitrogens is 5. The normalized spacial score (nSPS) is 11.8. The highest BCUT2D eigenvalue weighted by atomic mass is 32.2. The lowest BCUT2D eigenvalue weighted by Gasteiger charge is -2.08. The van der Waals surface area contributed by atoms with Crippen molar-refractivity contribution in [3.63, 3.8) is 0 Å². The van der Waals surface area contributed by atoms with Crippen LogP contribution in [0.4, 0.5) is 11.5 Å². The molecule has 0 radical (unpaired) electrons. The number of nitrogens with zero attached hydrogens (tertiary/aromatic N) is 5. The van der Waals surface area contributed by atoms with E-state index >= 15 is 0 Å². The number of benzene rings is 1. The highest BCUT2D eigenvalue weighted by Gasteiger charge is 2.13. The fourth-order valence-corrected chi connectivity index (χ4v) is 3.38. The van der Waals surface area contributed by atoms with Gasteiger partial charge < -0.3 is 5.32 Å². The Morgan fingerprint density at radius 1 is 1.15 bits per heavy atom. The molecule has 0 unspecified atom stereocenters. The van der Waals surface area contributed by atoms with Crippen LogP contribution in [-0.2, 0) is 16.9 Å². The molecule has 3 heterocycles. The fourth-order valence-electron chi connectivity index (χ4n) is 2.72. The maximum absolute atomic E-state index is 11.7. The Kier molecular flexibility index (Phi) is 3.73. The summed E-state index contributed by atoms with van der Waals surface area (Å²) in [7, 11) is -1.42. The van der Waals surface area contributed by atoms with Crippen LogP contribution in [0.5, 0.6) is 0 Å². The molecule has 0 spiro atoms. The van der Waals surface area contributed by atoms with Gasteiger partial charge in [0.05, 0.1) is 23.0 Å². The number of hydrogen-bond acceptors (Lipinski definition) is 6. The zero-order valence-electron chi connectivity index (χ0n) is 14.2. The van der Waals surface area contributed by atoms with Crippen molar-refractivity contribution in [3.8, 4) is 11.3 Å². The highest BCUT2D eigenvalue weighted by molar-refractivity contribution is 7.90. The lowest BCUT2D eigenvalue weighted by Crippen LogP contribution is -2.01. The summed E-state index contributed by atoms with van der Waals surface area (Å²) < 4.78 is 27.1. The summed E-state index contributed by atoms with van der Waals surface area (Å²) in [5.41, 5.74) is 3.09. The Hall–Kier alpha value is -3.20. The molecule has 132 valence electrons. The van der Waals surface area contributed by atoms with E-state index in [2.05, 4.69) is 20.4 Å². The van der Waals surface area contributed by atoms with Gasteiger partial charge >= 0.3 is 0 Å². The van der Waals surface area contributed by atoms with E-state index in [4.69, 9.17) is 0 Å². The SMILES string of the molecule is Cn1cc(-c2cnc3c(Nc4cccc(S(C)(=O)=O)c4)nccn23)cn1. The van der Waals surface area contributed by atoms with E-state index in [9.17, 15) is 8.42 Å². The number of sulfone groups is 1. The molecule has 0 bridgehead atoms. The number of imidazole rings is 1. The molecule has 8 nitrogen and oxygen atoms in total. The number of anilines is 2. The largest absolute Gasteiger partial charge is 0.337 e. The van der Waals surface area contributed by atoms with Gasteiger partial charge in [0.15, 0.2) is 21.3 Å². The van der Waals surface area contributed by atoms with E-state index in [-0.39, 0.29) is 4.90 Å². The van der Waals surface area contributed by atoms with Crippen LogP contribution < -0.4 is 5.32 Å². The lowest BCUT2D eigenvalue weighted by molar-refractivity contribution is 0.602. The molecule has 0 aliphatic rings. The maximum Gasteiger partial charge on any atom is 0.180 e. The van der Waals surface area contributed by atoms with Gasteiger partial charge in [-0.2, -0.15) is 5.10 Å². The van der Waals surface area contributed by atoms with Crippen LogP contribution in [0.3, 0.4) is 0 Å². The lowest BCUT2D eigenvalue weighted by atomic mass is 10.3. The van der Waals surface area contributed by atoms with E-state index in [0.717, 1.165) is 11.3 Å². The van der Waals surface area contributed by atoms with Crippen molar-refractivity contribution < 1.29 is 8.42 Å². The second kappa shape index (κ2) is 5.95. The Morgan fingerprint density at radius 3 is 2.73 bits per heavy atom. The minimum Gasteiger partial charge on any atom is -0.337 e. The van der Waals surface area contributed by atoms with E-state index in [0.29, 0.717) is 17.2 Å². The van der Waals surface area contributed by atoms with Crippen LogP contribution in [0.25, 0.3) is 16.9 Å². The topological polar surface area (TPSA) is 94.2 Å². The molecular weight excluding hydrogens is 352 g/mol. The minimum atomic E-state index is -3.28. The molecular formula is C17H16N6O2S. The second-order valence-electron chi connectivity index (χ2n) is 5.94. The van der Waals surface area contributed by atoms with E-state index in [1.807, 2.05) is 23.8 Å². The Bertz CT molecular complexity index is 1210. The molecule has 26 heavy (non-hydrogen) atoms. The third-order valence-corrected chi connectivity index (χ3v) is 5.06. The molecule has 0 atom stereocenters. The number of nitrogens with one attached hydrogen (secondary N) is 1. The molecule has 0 amide bonds. The summed E-state index contributed by atoms with van der Waals surface area (Å²) in [4.78, 5) is 9.04. The van der Waals surface area contributed by atoms with Crippen LogP contribution in [0.1, 0.15) is 0 Å². The van der Waals surface area contributed by atoms with Crippen LogP contribution in [0.2, 0.25) is 0 Å². The third-order valence-electron chi connectivity index (χ3n) is 3.95. The molecule has 0 saturated heterocycles. The number of hydrogen-bond donors (Lipinski definition) is 1. The first-order valence-electron chi connectivity index (χ1n) is 7.80. The van der Waals surface area contributed by atoms with Crippen molar-refractivity contribution in [2.75, 3.05) is 11.6 Å². The number of aryl methyl sites for hydroxylation is 1. The zero-order chi connectivity index (χ0) is 18.3. The van der Waals surface area contributed by atoms with Gasteiger partial charge in [0.2, 0.25) is 0 Å². The quantitative estimate of drug-likeness (QED) is 0.594. The molecule has 4 aromatic rings. The molecule has 1 aromatic carbocycles. The van der Waals surface area contributed by atoms with Crippen molar-refractivity contribution in [1.82, 2.24) is 24.1 Å². The summed E-state index contributed by atoms with van der Waals surface area (Å²) in [6.07, 6.45) is 10.1. The fraction of sp³-hybridized carbons (Fsp3) is 0.118. The van der Waals surface area contributed by atoms with Gasteiger partial charge in [0, 0.05) is 43.1 Å². The third kappa shape index (κ3) is 2.93. The molecule has 0 saturated carbocycles. The van der Waals surface area contributed by atoms with E-state index in [1.54, 1.807) is 47.5 Å². The van der Waals surface area contributed by atoms with Gasteiger partial charge in [-0.15, -0.1) is 0 Å². The monoisotopic (exact) mass is 368 g/mol. The van der Waals surface area contributed by atoms with Crippen molar-refractivity contribution in [1.29, 1.82) is 0 Å². The summed E-state index contributed by atoms with van der Waals surface area (Å²) in [6.45, 7) is 0. The Labute approximate surface area is 150 Å². The first-order valence-corrected chi connectivity index (χ1v) is 9.69. The van der Waals surface area contributed by atoms with Crippen LogP contribution >= 0.6 is 0 Å².